The number of ether oxygens (including phenoxy) is 2. The van der Waals surface area contributed by atoms with Gasteiger partial charge in [0.05, 0.1) is 19.5 Å². The maximum atomic E-state index is 14.0. The van der Waals surface area contributed by atoms with Crippen LogP contribution in [0.3, 0.4) is 0 Å². The summed E-state index contributed by atoms with van der Waals surface area (Å²) >= 11 is 0. The first kappa shape index (κ1) is 22.8. The predicted molar refractivity (Wildman–Crippen MR) is 124 cm³/mol. The molecular weight excluding hydrogens is 445 g/mol. The van der Waals surface area contributed by atoms with Crippen molar-refractivity contribution in [3.63, 3.8) is 0 Å². The first-order valence-electron chi connectivity index (χ1n) is 10.5. The Morgan fingerprint density at radius 2 is 1.76 bits per heavy atom. The second-order valence-corrected chi connectivity index (χ2v) is 9.59. The third-order valence-corrected chi connectivity index (χ3v) is 6.92. The van der Waals surface area contributed by atoms with E-state index in [9.17, 15) is 17.6 Å². The van der Waals surface area contributed by atoms with Crippen LogP contribution in [0.1, 0.15) is 24.8 Å². The van der Waals surface area contributed by atoms with Crippen molar-refractivity contribution < 1.29 is 27.1 Å². The topological polar surface area (TPSA) is 81.7 Å². The molecule has 1 heterocycles. The Balaban J connectivity index is 1.71. The zero-order valence-corrected chi connectivity index (χ0v) is 19.1. The normalized spacial score (nSPS) is 17.3. The summed E-state index contributed by atoms with van der Waals surface area (Å²) in [5.41, 5.74) is 3.84. The van der Waals surface area contributed by atoms with Gasteiger partial charge in [-0.1, -0.05) is 30.3 Å². The summed E-state index contributed by atoms with van der Waals surface area (Å²) in [4.78, 5) is 11.9. The highest BCUT2D eigenvalue weighted by Crippen LogP contribution is 2.37. The van der Waals surface area contributed by atoms with Gasteiger partial charge < -0.3 is 9.47 Å². The molecule has 1 atom stereocenters. The van der Waals surface area contributed by atoms with E-state index in [0.717, 1.165) is 16.7 Å². The van der Waals surface area contributed by atoms with Gasteiger partial charge in [0.2, 0.25) is 15.9 Å². The third kappa shape index (κ3) is 5.01. The molecule has 1 saturated heterocycles. The van der Waals surface area contributed by atoms with Crippen LogP contribution < -0.4 is 14.2 Å². The largest absolute Gasteiger partial charge is 0.496 e. The Morgan fingerprint density at radius 3 is 2.48 bits per heavy atom. The minimum absolute atomic E-state index is 0.0736. The number of carbonyl (C=O) groups is 1. The number of hydrogen-bond acceptors (Lipinski definition) is 5. The molecule has 1 unspecified atom stereocenters. The summed E-state index contributed by atoms with van der Waals surface area (Å²) < 4.78 is 51.2. The highest BCUT2D eigenvalue weighted by atomic mass is 32.2. The van der Waals surface area contributed by atoms with E-state index in [1.54, 1.807) is 12.1 Å². The van der Waals surface area contributed by atoms with Crippen LogP contribution in [0.5, 0.6) is 11.5 Å². The molecule has 4 rings (SSSR count). The lowest BCUT2D eigenvalue weighted by Gasteiger charge is -2.24. The average Bonchev–Trinajstić information content (AvgIpc) is 2.78. The van der Waals surface area contributed by atoms with Crippen molar-refractivity contribution in [3.05, 3.63) is 72.0 Å². The van der Waals surface area contributed by atoms with Gasteiger partial charge in [0.1, 0.15) is 17.3 Å². The molecule has 0 aromatic heterocycles. The van der Waals surface area contributed by atoms with Gasteiger partial charge in [-0.2, -0.15) is 0 Å². The maximum absolute atomic E-state index is 14.0. The van der Waals surface area contributed by atoms with Crippen LogP contribution in [0.2, 0.25) is 0 Å². The molecule has 1 N–H and O–H groups in total. The van der Waals surface area contributed by atoms with Crippen molar-refractivity contribution >= 4 is 15.9 Å². The fourth-order valence-electron chi connectivity index (χ4n) is 4.11. The van der Waals surface area contributed by atoms with Crippen LogP contribution >= 0.6 is 0 Å². The van der Waals surface area contributed by atoms with E-state index in [4.69, 9.17) is 9.47 Å². The van der Waals surface area contributed by atoms with E-state index < -0.39 is 21.8 Å². The molecule has 3 aromatic carbocycles. The Hall–Kier alpha value is -3.39. The van der Waals surface area contributed by atoms with E-state index in [-0.39, 0.29) is 18.0 Å². The summed E-state index contributed by atoms with van der Waals surface area (Å²) in [6, 6.07) is 17.5. The number of nitrogens with one attached hydrogen (secondary N) is 1. The molecule has 1 amide bonds. The lowest BCUT2D eigenvalue weighted by atomic mass is 9.92. The van der Waals surface area contributed by atoms with Gasteiger partial charge in [-0.15, -0.1) is 0 Å². The van der Waals surface area contributed by atoms with E-state index in [2.05, 4.69) is 0 Å². The zero-order chi connectivity index (χ0) is 23.6. The van der Waals surface area contributed by atoms with Crippen molar-refractivity contribution in [2.24, 2.45) is 0 Å². The lowest BCUT2D eigenvalue weighted by Crippen LogP contribution is -2.40. The number of carbonyl (C=O) groups excluding carboxylic acids is 1. The summed E-state index contributed by atoms with van der Waals surface area (Å²) in [6.45, 7) is 2.34. The molecule has 1 aliphatic rings. The van der Waals surface area contributed by atoms with Crippen molar-refractivity contribution in [2.75, 3.05) is 19.5 Å². The number of benzene rings is 3. The Kier molecular flexibility index (Phi) is 6.37. The Bertz CT molecular complexity index is 1310. The molecule has 1 fully saturated rings. The number of rotatable bonds is 6. The highest BCUT2D eigenvalue weighted by Gasteiger charge is 2.32. The van der Waals surface area contributed by atoms with Gasteiger partial charge >= 0.3 is 0 Å². The van der Waals surface area contributed by atoms with Gasteiger partial charge in [-0.25, -0.2) is 12.8 Å². The van der Waals surface area contributed by atoms with Gasteiger partial charge in [0.15, 0.2) is 0 Å². The first-order valence-corrected chi connectivity index (χ1v) is 12.2. The number of hydrogen-bond donors (Lipinski definition) is 1. The number of methoxy groups -OCH3 is 1. The number of sulfonamides is 1. The molecule has 0 saturated carbocycles. The molecule has 0 aliphatic carbocycles. The minimum atomic E-state index is -3.66. The molecule has 172 valence electrons. The summed E-state index contributed by atoms with van der Waals surface area (Å²) in [5.74, 6) is -0.431. The fraction of sp³-hybridized carbons (Fsp3) is 0.240. The van der Waals surface area contributed by atoms with Gasteiger partial charge in [0, 0.05) is 17.9 Å². The van der Waals surface area contributed by atoms with E-state index in [1.165, 1.54) is 19.2 Å². The zero-order valence-electron chi connectivity index (χ0n) is 18.3. The standard InChI is InChI=1S/C25H24FNO5S/c1-3-32-23-10-8-20(26)14-22(23)18-6-4-5-16(11-18)17-7-9-21(24(12-17)31-2)19-13-25(28)27-33(29,30)15-19/h4-12,14,19H,3,13,15H2,1-2H3,(H,27,28). The first-order chi connectivity index (χ1) is 15.8. The lowest BCUT2D eigenvalue weighted by molar-refractivity contribution is -0.119. The molecule has 33 heavy (non-hydrogen) atoms. The Morgan fingerprint density at radius 1 is 1.00 bits per heavy atom. The SMILES string of the molecule is CCOc1ccc(F)cc1-c1cccc(-c2ccc(C3CC(=O)NS(=O)(=O)C3)c(OC)c2)c1. The smallest absolute Gasteiger partial charge is 0.235 e. The molecule has 3 aromatic rings. The van der Waals surface area contributed by atoms with E-state index >= 15 is 0 Å². The number of halogens is 1. The van der Waals surface area contributed by atoms with Crippen LogP contribution in [0.4, 0.5) is 4.39 Å². The van der Waals surface area contributed by atoms with Crippen molar-refractivity contribution in [1.82, 2.24) is 4.72 Å². The minimum Gasteiger partial charge on any atom is -0.496 e. The van der Waals surface area contributed by atoms with Crippen molar-refractivity contribution in [1.29, 1.82) is 0 Å². The van der Waals surface area contributed by atoms with Crippen LogP contribution in [-0.2, 0) is 14.8 Å². The van der Waals surface area contributed by atoms with Crippen molar-refractivity contribution in [3.8, 4) is 33.8 Å². The molecule has 0 bridgehead atoms. The second kappa shape index (κ2) is 9.23. The summed E-state index contributed by atoms with van der Waals surface area (Å²) in [7, 11) is -2.15. The van der Waals surface area contributed by atoms with E-state index in [0.29, 0.717) is 29.2 Å². The molecular formula is C25H24FNO5S. The average molecular weight is 470 g/mol. The highest BCUT2D eigenvalue weighted by molar-refractivity contribution is 7.90. The van der Waals surface area contributed by atoms with Crippen LogP contribution in [0, 0.1) is 5.82 Å². The summed E-state index contributed by atoms with van der Waals surface area (Å²) in [5, 5.41) is 0. The van der Waals surface area contributed by atoms with Crippen molar-refractivity contribution in [2.45, 2.75) is 19.3 Å². The second-order valence-electron chi connectivity index (χ2n) is 7.82. The van der Waals surface area contributed by atoms with Gasteiger partial charge in [-0.3, -0.25) is 9.52 Å². The van der Waals surface area contributed by atoms with Crippen LogP contribution in [0.25, 0.3) is 22.3 Å². The maximum Gasteiger partial charge on any atom is 0.235 e. The van der Waals surface area contributed by atoms with E-state index in [1.807, 2.05) is 48.0 Å². The van der Waals surface area contributed by atoms with Gasteiger partial charge in [-0.05, 0) is 59.5 Å². The molecule has 0 spiro atoms. The monoisotopic (exact) mass is 469 g/mol. The quantitative estimate of drug-likeness (QED) is 0.575. The predicted octanol–water partition coefficient (Wildman–Crippen LogP) is 4.50. The third-order valence-electron chi connectivity index (χ3n) is 5.54. The number of amides is 1. The molecule has 1 aliphatic heterocycles. The Labute approximate surface area is 192 Å². The molecule has 6 nitrogen and oxygen atoms in total. The molecule has 0 radical (unpaired) electrons. The molecule has 8 heteroatoms. The summed E-state index contributed by atoms with van der Waals surface area (Å²) in [6.07, 6.45) is 0.0736. The fourth-order valence-corrected chi connectivity index (χ4v) is 5.45. The van der Waals surface area contributed by atoms with Gasteiger partial charge in [0.25, 0.3) is 0 Å². The van der Waals surface area contributed by atoms with Crippen LogP contribution in [0.15, 0.2) is 60.7 Å². The van der Waals surface area contributed by atoms with Crippen LogP contribution in [-0.4, -0.2) is 33.8 Å².